The van der Waals surface area contributed by atoms with Crippen LogP contribution in [0.4, 0.5) is 4.39 Å². The van der Waals surface area contributed by atoms with Gasteiger partial charge in [0.25, 0.3) is 0 Å². The summed E-state index contributed by atoms with van der Waals surface area (Å²) in [4.78, 5) is 0. The van der Waals surface area contributed by atoms with Crippen LogP contribution in [0.15, 0.2) is 36.4 Å². The molecule has 0 aliphatic rings. The third kappa shape index (κ3) is 3.64. The van der Waals surface area contributed by atoms with Gasteiger partial charge in [0, 0.05) is 18.2 Å². The normalized spacial score (nSPS) is 12.1. The molecule has 4 nitrogen and oxygen atoms in total. The van der Waals surface area contributed by atoms with E-state index >= 15 is 0 Å². The topological polar surface area (TPSA) is 61.7 Å². The first-order chi connectivity index (χ1) is 10.0. The molecule has 0 aromatic heterocycles. The molecule has 0 radical (unpaired) electrons. The molecule has 0 amide bonds. The third-order valence-electron chi connectivity index (χ3n) is 3.31. The summed E-state index contributed by atoms with van der Waals surface area (Å²) in [5, 5.41) is 21.9. The lowest BCUT2D eigenvalue weighted by atomic mass is 10.1. The quantitative estimate of drug-likeness (QED) is 0.741. The van der Waals surface area contributed by atoms with Crippen molar-refractivity contribution in [1.82, 2.24) is 5.32 Å². The maximum atomic E-state index is 13.4. The molecule has 0 saturated heterocycles. The van der Waals surface area contributed by atoms with Gasteiger partial charge >= 0.3 is 0 Å². The van der Waals surface area contributed by atoms with Crippen LogP contribution in [0.25, 0.3) is 0 Å². The largest absolute Gasteiger partial charge is 0.504 e. The van der Waals surface area contributed by atoms with E-state index in [9.17, 15) is 14.6 Å². The third-order valence-corrected chi connectivity index (χ3v) is 3.31. The number of rotatable bonds is 5. The first kappa shape index (κ1) is 15.1. The number of aromatic hydroxyl groups is 2. The van der Waals surface area contributed by atoms with Gasteiger partial charge in [-0.25, -0.2) is 4.39 Å². The zero-order valence-electron chi connectivity index (χ0n) is 11.9. The van der Waals surface area contributed by atoms with Crippen LogP contribution < -0.4 is 10.1 Å². The van der Waals surface area contributed by atoms with Crippen LogP contribution in [0.3, 0.4) is 0 Å². The molecule has 21 heavy (non-hydrogen) atoms. The lowest BCUT2D eigenvalue weighted by Gasteiger charge is -2.17. The molecule has 0 saturated carbocycles. The van der Waals surface area contributed by atoms with Crippen molar-refractivity contribution in [2.24, 2.45) is 0 Å². The smallest absolute Gasteiger partial charge is 0.157 e. The number of benzene rings is 2. The molecule has 2 aromatic carbocycles. The highest BCUT2D eigenvalue weighted by Gasteiger charge is 2.12. The van der Waals surface area contributed by atoms with Gasteiger partial charge in [0.1, 0.15) is 11.6 Å². The van der Waals surface area contributed by atoms with E-state index in [1.165, 1.54) is 24.3 Å². The van der Waals surface area contributed by atoms with Crippen molar-refractivity contribution in [1.29, 1.82) is 0 Å². The van der Waals surface area contributed by atoms with Gasteiger partial charge < -0.3 is 20.3 Å². The van der Waals surface area contributed by atoms with Crippen molar-refractivity contribution in [2.75, 3.05) is 7.11 Å². The summed E-state index contributed by atoms with van der Waals surface area (Å²) >= 11 is 0. The number of hydrogen-bond acceptors (Lipinski definition) is 4. The highest BCUT2D eigenvalue weighted by Crippen LogP contribution is 2.27. The van der Waals surface area contributed by atoms with Gasteiger partial charge in [0.15, 0.2) is 11.5 Å². The number of methoxy groups -OCH3 is 1. The van der Waals surface area contributed by atoms with E-state index in [1.807, 2.05) is 6.92 Å². The standard InChI is InChI=1S/C16H18FNO3/c1-10(13-8-12(17)4-6-16(13)21-2)18-9-11-3-5-14(19)15(20)7-11/h3-8,10,18-20H,9H2,1-2H3. The second-order valence-electron chi connectivity index (χ2n) is 4.81. The number of phenols is 2. The Bertz CT molecular complexity index is 631. The molecular weight excluding hydrogens is 273 g/mol. The molecule has 3 N–H and O–H groups in total. The molecule has 2 rings (SSSR count). The minimum atomic E-state index is -0.318. The van der Waals surface area contributed by atoms with Crippen molar-refractivity contribution < 1.29 is 19.3 Å². The van der Waals surface area contributed by atoms with Gasteiger partial charge in [0.05, 0.1) is 7.11 Å². The molecule has 0 aliphatic heterocycles. The zero-order chi connectivity index (χ0) is 15.4. The molecule has 1 unspecified atom stereocenters. The van der Waals surface area contributed by atoms with E-state index in [0.29, 0.717) is 12.3 Å². The summed E-state index contributed by atoms with van der Waals surface area (Å²) in [7, 11) is 1.54. The van der Waals surface area contributed by atoms with Gasteiger partial charge in [-0.3, -0.25) is 0 Å². The van der Waals surface area contributed by atoms with Crippen molar-refractivity contribution >= 4 is 0 Å². The molecular formula is C16H18FNO3. The number of ether oxygens (including phenoxy) is 1. The second-order valence-corrected chi connectivity index (χ2v) is 4.81. The average Bonchev–Trinajstić information content (AvgIpc) is 2.48. The minimum absolute atomic E-state index is 0.133. The van der Waals surface area contributed by atoms with E-state index in [1.54, 1.807) is 19.2 Å². The van der Waals surface area contributed by atoms with E-state index in [4.69, 9.17) is 4.74 Å². The zero-order valence-corrected chi connectivity index (χ0v) is 11.9. The fourth-order valence-corrected chi connectivity index (χ4v) is 2.10. The van der Waals surface area contributed by atoms with E-state index < -0.39 is 0 Å². The molecule has 1 atom stereocenters. The molecule has 0 aliphatic carbocycles. The van der Waals surface area contributed by atoms with Crippen molar-refractivity contribution in [3.05, 3.63) is 53.3 Å². The van der Waals surface area contributed by atoms with E-state index in [-0.39, 0.29) is 23.4 Å². The van der Waals surface area contributed by atoms with Gasteiger partial charge in [0.2, 0.25) is 0 Å². The maximum Gasteiger partial charge on any atom is 0.157 e. The van der Waals surface area contributed by atoms with Crippen LogP contribution in [0.2, 0.25) is 0 Å². The summed E-state index contributed by atoms with van der Waals surface area (Å²) in [6, 6.07) is 8.87. The van der Waals surface area contributed by atoms with Gasteiger partial charge in [-0.2, -0.15) is 0 Å². The molecule has 0 heterocycles. The molecule has 2 aromatic rings. The van der Waals surface area contributed by atoms with Crippen molar-refractivity contribution in [2.45, 2.75) is 19.5 Å². The van der Waals surface area contributed by atoms with E-state index in [0.717, 1.165) is 11.1 Å². The Labute approximate surface area is 122 Å². The van der Waals surface area contributed by atoms with Crippen LogP contribution in [0, 0.1) is 5.82 Å². The molecule has 112 valence electrons. The number of phenolic OH excluding ortho intramolecular Hbond substituents is 2. The van der Waals surface area contributed by atoms with Gasteiger partial charge in [-0.1, -0.05) is 6.07 Å². The van der Waals surface area contributed by atoms with Gasteiger partial charge in [-0.05, 0) is 42.8 Å². The molecule has 0 spiro atoms. The first-order valence-corrected chi connectivity index (χ1v) is 6.59. The SMILES string of the molecule is COc1ccc(F)cc1C(C)NCc1ccc(O)c(O)c1. The number of hydrogen-bond donors (Lipinski definition) is 3. The Kier molecular flexibility index (Phi) is 4.65. The van der Waals surface area contributed by atoms with Crippen LogP contribution in [-0.2, 0) is 6.54 Å². The Morgan fingerprint density at radius 1 is 1.14 bits per heavy atom. The Morgan fingerprint density at radius 3 is 2.57 bits per heavy atom. The fourth-order valence-electron chi connectivity index (χ4n) is 2.10. The lowest BCUT2D eigenvalue weighted by molar-refractivity contribution is 0.398. The maximum absolute atomic E-state index is 13.4. The molecule has 0 fully saturated rings. The van der Waals surface area contributed by atoms with Crippen molar-refractivity contribution in [3.63, 3.8) is 0 Å². The summed E-state index contributed by atoms with van der Waals surface area (Å²) in [6.07, 6.45) is 0. The lowest BCUT2D eigenvalue weighted by Crippen LogP contribution is -2.18. The number of halogens is 1. The summed E-state index contributed by atoms with van der Waals surface area (Å²) in [6.45, 7) is 2.37. The average molecular weight is 291 g/mol. The Hall–Kier alpha value is -2.27. The van der Waals surface area contributed by atoms with E-state index in [2.05, 4.69) is 5.32 Å². The summed E-state index contributed by atoms with van der Waals surface area (Å²) in [5.74, 6) is -0.0180. The fraction of sp³-hybridized carbons (Fsp3) is 0.250. The predicted molar refractivity (Wildman–Crippen MR) is 78.0 cm³/mol. The highest BCUT2D eigenvalue weighted by molar-refractivity contribution is 5.40. The predicted octanol–water partition coefficient (Wildman–Crippen LogP) is 3.10. The van der Waals surface area contributed by atoms with Crippen LogP contribution in [0.5, 0.6) is 17.2 Å². The molecule has 0 bridgehead atoms. The van der Waals surface area contributed by atoms with Crippen molar-refractivity contribution in [3.8, 4) is 17.2 Å². The summed E-state index contributed by atoms with van der Waals surface area (Å²) in [5.41, 5.74) is 1.54. The highest BCUT2D eigenvalue weighted by atomic mass is 19.1. The van der Waals surface area contributed by atoms with Crippen LogP contribution in [-0.4, -0.2) is 17.3 Å². The number of nitrogens with one attached hydrogen (secondary N) is 1. The Balaban J connectivity index is 2.09. The minimum Gasteiger partial charge on any atom is -0.504 e. The van der Waals surface area contributed by atoms with Crippen LogP contribution in [0.1, 0.15) is 24.1 Å². The molecule has 5 heteroatoms. The monoisotopic (exact) mass is 291 g/mol. The van der Waals surface area contributed by atoms with Gasteiger partial charge in [-0.15, -0.1) is 0 Å². The van der Waals surface area contributed by atoms with Crippen LogP contribution >= 0.6 is 0 Å². The first-order valence-electron chi connectivity index (χ1n) is 6.59. The summed E-state index contributed by atoms with van der Waals surface area (Å²) < 4.78 is 18.6. The second kappa shape index (κ2) is 6.45. The Morgan fingerprint density at radius 2 is 1.90 bits per heavy atom.